The lowest BCUT2D eigenvalue weighted by molar-refractivity contribution is 0.0972. The van der Waals surface area contributed by atoms with Crippen LogP contribution in [0.3, 0.4) is 0 Å². The van der Waals surface area contributed by atoms with Crippen molar-refractivity contribution < 1.29 is 4.79 Å². The van der Waals surface area contributed by atoms with E-state index in [0.29, 0.717) is 12.3 Å². The van der Waals surface area contributed by atoms with Crippen molar-refractivity contribution >= 4 is 29.1 Å². The fourth-order valence-electron chi connectivity index (χ4n) is 3.43. The molecule has 0 spiro atoms. The van der Waals surface area contributed by atoms with Gasteiger partial charge in [-0.25, -0.2) is 0 Å². The van der Waals surface area contributed by atoms with Crippen molar-refractivity contribution in [3.8, 4) is 0 Å². The average molecular weight is 361 g/mol. The van der Waals surface area contributed by atoms with E-state index in [4.69, 9.17) is 4.98 Å². The first-order valence-electron chi connectivity index (χ1n) is 9.09. The lowest BCUT2D eigenvalue weighted by Gasteiger charge is -2.22. The number of pyridine rings is 1. The zero-order valence-corrected chi connectivity index (χ0v) is 16.3. The van der Waals surface area contributed by atoms with Crippen LogP contribution in [0, 0.1) is 5.92 Å². The summed E-state index contributed by atoms with van der Waals surface area (Å²) in [5.41, 5.74) is 2.70. The van der Waals surface area contributed by atoms with E-state index >= 15 is 0 Å². The van der Waals surface area contributed by atoms with E-state index in [9.17, 15) is 4.79 Å². The predicted molar refractivity (Wildman–Crippen MR) is 107 cm³/mol. The summed E-state index contributed by atoms with van der Waals surface area (Å²) in [5, 5.41) is 4.38. The first-order valence-corrected chi connectivity index (χ1v) is 9.09. The van der Waals surface area contributed by atoms with Gasteiger partial charge < -0.3 is 5.32 Å². The second kappa shape index (κ2) is 8.29. The maximum atomic E-state index is 12.9. The van der Waals surface area contributed by atoms with Crippen LogP contribution in [0.15, 0.2) is 30.3 Å². The smallest absolute Gasteiger partial charge is 0.163 e. The molecule has 1 aliphatic heterocycles. The van der Waals surface area contributed by atoms with Gasteiger partial charge in [0.2, 0.25) is 0 Å². The summed E-state index contributed by atoms with van der Waals surface area (Å²) in [4.78, 5) is 17.7. The second-order valence-electron chi connectivity index (χ2n) is 7.98. The topological polar surface area (TPSA) is 42.0 Å². The number of nitrogens with one attached hydrogen (secondary N) is 1. The second-order valence-corrected chi connectivity index (χ2v) is 7.98. The number of aromatic nitrogens is 1. The van der Waals surface area contributed by atoms with Crippen molar-refractivity contribution in [3.63, 3.8) is 0 Å². The Bertz CT molecular complexity index is 730. The van der Waals surface area contributed by atoms with Gasteiger partial charge >= 0.3 is 0 Å². The zero-order chi connectivity index (χ0) is 17.2. The Balaban J connectivity index is 0.00000225. The van der Waals surface area contributed by atoms with Crippen LogP contribution in [0.25, 0.3) is 10.9 Å². The SMILES string of the molecule is CC(C)(C)c1cc(C(=O)CCC2CCNCC2)c2ccccc2n1.Cl. The number of hydrogen-bond donors (Lipinski definition) is 1. The molecule has 0 atom stereocenters. The number of fused-ring (bicyclic) bond motifs is 1. The molecule has 0 radical (unpaired) electrons. The Kier molecular flexibility index (Phi) is 6.59. The molecule has 0 aliphatic carbocycles. The molecule has 0 amide bonds. The van der Waals surface area contributed by atoms with E-state index < -0.39 is 0 Å². The molecule has 25 heavy (non-hydrogen) atoms. The minimum absolute atomic E-state index is 0. The predicted octanol–water partition coefficient (Wildman–Crippen LogP) is 4.92. The molecule has 0 unspecified atom stereocenters. The molecule has 4 heteroatoms. The summed E-state index contributed by atoms with van der Waals surface area (Å²) in [7, 11) is 0. The minimum Gasteiger partial charge on any atom is -0.317 e. The fraction of sp³-hybridized carbons (Fsp3) is 0.524. The molecule has 1 N–H and O–H groups in total. The van der Waals surface area contributed by atoms with Crippen LogP contribution >= 0.6 is 12.4 Å². The Labute approximate surface area is 157 Å². The molecular weight excluding hydrogens is 332 g/mol. The van der Waals surface area contributed by atoms with E-state index in [-0.39, 0.29) is 23.6 Å². The maximum absolute atomic E-state index is 12.9. The van der Waals surface area contributed by atoms with Crippen LogP contribution < -0.4 is 5.32 Å². The molecule has 1 fully saturated rings. The number of Topliss-reactive ketones (excluding diaryl/α,β-unsaturated/α-hetero) is 1. The van der Waals surface area contributed by atoms with Gasteiger partial charge in [-0.1, -0.05) is 39.0 Å². The Morgan fingerprint density at radius 2 is 1.88 bits per heavy atom. The summed E-state index contributed by atoms with van der Waals surface area (Å²) in [5.74, 6) is 0.947. The normalized spacial score (nSPS) is 15.8. The number of rotatable bonds is 4. The summed E-state index contributed by atoms with van der Waals surface area (Å²) in [6.07, 6.45) is 4.03. The quantitative estimate of drug-likeness (QED) is 0.787. The number of benzene rings is 1. The van der Waals surface area contributed by atoms with Gasteiger partial charge in [-0.05, 0) is 50.4 Å². The third-order valence-corrected chi connectivity index (χ3v) is 5.02. The van der Waals surface area contributed by atoms with Crippen LogP contribution in [-0.4, -0.2) is 23.9 Å². The number of para-hydroxylation sites is 1. The molecule has 3 rings (SSSR count). The molecule has 2 heterocycles. The zero-order valence-electron chi connectivity index (χ0n) is 15.5. The summed E-state index contributed by atoms with van der Waals surface area (Å²) in [6.45, 7) is 8.62. The number of carbonyl (C=O) groups is 1. The van der Waals surface area contributed by atoms with Crippen LogP contribution in [0.4, 0.5) is 0 Å². The number of piperidine rings is 1. The number of ketones is 1. The molecule has 1 saturated heterocycles. The van der Waals surface area contributed by atoms with Gasteiger partial charge in [0.05, 0.1) is 5.52 Å². The van der Waals surface area contributed by atoms with E-state index in [0.717, 1.165) is 41.7 Å². The maximum Gasteiger partial charge on any atom is 0.163 e. The summed E-state index contributed by atoms with van der Waals surface area (Å²) in [6, 6.07) is 10.0. The van der Waals surface area contributed by atoms with E-state index in [1.165, 1.54) is 12.8 Å². The highest BCUT2D eigenvalue weighted by atomic mass is 35.5. The highest BCUT2D eigenvalue weighted by Crippen LogP contribution is 2.28. The molecule has 2 aromatic rings. The number of halogens is 1. The Morgan fingerprint density at radius 1 is 1.20 bits per heavy atom. The van der Waals surface area contributed by atoms with Gasteiger partial charge in [-0.3, -0.25) is 9.78 Å². The third kappa shape index (κ3) is 4.80. The number of hydrogen-bond acceptors (Lipinski definition) is 3. The van der Waals surface area contributed by atoms with Crippen molar-refractivity contribution in [2.24, 2.45) is 5.92 Å². The molecule has 1 aromatic heterocycles. The fourth-order valence-corrected chi connectivity index (χ4v) is 3.43. The molecule has 136 valence electrons. The van der Waals surface area contributed by atoms with Gasteiger partial charge in [0.1, 0.15) is 0 Å². The van der Waals surface area contributed by atoms with E-state index in [2.05, 4.69) is 26.1 Å². The molecule has 0 saturated carbocycles. The van der Waals surface area contributed by atoms with Gasteiger partial charge in [-0.15, -0.1) is 12.4 Å². The summed E-state index contributed by atoms with van der Waals surface area (Å²) >= 11 is 0. The van der Waals surface area contributed by atoms with Gasteiger partial charge in [0.15, 0.2) is 5.78 Å². The first-order chi connectivity index (χ1) is 11.4. The molecule has 1 aliphatic rings. The molecule has 3 nitrogen and oxygen atoms in total. The largest absolute Gasteiger partial charge is 0.317 e. The van der Waals surface area contributed by atoms with Crippen molar-refractivity contribution in [2.75, 3.05) is 13.1 Å². The van der Waals surface area contributed by atoms with Crippen LogP contribution in [0.1, 0.15) is 62.5 Å². The van der Waals surface area contributed by atoms with Crippen LogP contribution in [-0.2, 0) is 5.41 Å². The van der Waals surface area contributed by atoms with E-state index in [1.54, 1.807) is 0 Å². The lowest BCUT2D eigenvalue weighted by atomic mass is 9.87. The Hall–Kier alpha value is -1.45. The molecule has 0 bridgehead atoms. The molecular formula is C21H29ClN2O. The van der Waals surface area contributed by atoms with Crippen LogP contribution in [0.5, 0.6) is 0 Å². The van der Waals surface area contributed by atoms with Crippen molar-refractivity contribution in [2.45, 2.75) is 51.9 Å². The van der Waals surface area contributed by atoms with Gasteiger partial charge in [-0.2, -0.15) is 0 Å². The average Bonchev–Trinajstić information content (AvgIpc) is 2.59. The molecule has 1 aromatic carbocycles. The highest BCUT2D eigenvalue weighted by molar-refractivity contribution is 6.07. The summed E-state index contributed by atoms with van der Waals surface area (Å²) < 4.78 is 0. The van der Waals surface area contributed by atoms with Gasteiger partial charge in [0, 0.05) is 28.5 Å². The standard InChI is InChI=1S/C21H28N2O.ClH/c1-21(2,3)20-14-17(16-6-4-5-7-18(16)23-20)19(24)9-8-15-10-12-22-13-11-15;/h4-7,14-15,22H,8-13H2,1-3H3;1H. The van der Waals surface area contributed by atoms with Crippen molar-refractivity contribution in [1.29, 1.82) is 0 Å². The monoisotopic (exact) mass is 360 g/mol. The highest BCUT2D eigenvalue weighted by Gasteiger charge is 2.21. The van der Waals surface area contributed by atoms with Crippen LogP contribution in [0.2, 0.25) is 0 Å². The minimum atomic E-state index is -0.0614. The van der Waals surface area contributed by atoms with Crippen molar-refractivity contribution in [3.05, 3.63) is 41.6 Å². The van der Waals surface area contributed by atoms with Gasteiger partial charge in [0.25, 0.3) is 0 Å². The lowest BCUT2D eigenvalue weighted by Crippen LogP contribution is -2.28. The Morgan fingerprint density at radius 3 is 2.56 bits per heavy atom. The first kappa shape index (κ1) is 19.9. The number of carbonyl (C=O) groups excluding carboxylic acids is 1. The van der Waals surface area contributed by atoms with Crippen molar-refractivity contribution in [1.82, 2.24) is 10.3 Å². The van der Waals surface area contributed by atoms with E-state index in [1.807, 2.05) is 30.3 Å². The number of nitrogens with zero attached hydrogens (tertiary/aromatic N) is 1. The third-order valence-electron chi connectivity index (χ3n) is 5.02.